The van der Waals surface area contributed by atoms with Crippen molar-refractivity contribution in [2.45, 2.75) is 25.9 Å². The Kier molecular flexibility index (Phi) is 6.62. The largest absolute Gasteiger partial charge is 0.493 e. The third-order valence-corrected chi connectivity index (χ3v) is 3.24. The fraction of sp³-hybridized carbons (Fsp3) is 0.571. The van der Waals surface area contributed by atoms with Crippen molar-refractivity contribution in [2.75, 3.05) is 26.8 Å². The first-order valence-corrected chi connectivity index (χ1v) is 7.18. The number of rotatable bonds is 8. The van der Waals surface area contributed by atoms with Gasteiger partial charge in [-0.05, 0) is 48.0 Å². The lowest BCUT2D eigenvalue weighted by Gasteiger charge is -2.24. The molecule has 0 saturated heterocycles. The second-order valence-electron chi connectivity index (χ2n) is 4.73. The average molecular weight is 332 g/mol. The Hall–Kier alpha value is -0.780. The molecular weight excluding hydrogens is 310 g/mol. The van der Waals surface area contributed by atoms with E-state index in [9.17, 15) is 5.11 Å². The minimum absolute atomic E-state index is 0.197. The topological polar surface area (TPSA) is 50.7 Å². The number of hydrogen-bond donors (Lipinski definition) is 2. The summed E-state index contributed by atoms with van der Waals surface area (Å²) in [5.41, 5.74) is -0.921. The monoisotopic (exact) mass is 331 g/mol. The maximum atomic E-state index is 10.2. The third kappa shape index (κ3) is 5.38. The zero-order valence-corrected chi connectivity index (χ0v) is 13.3. The molecule has 0 aliphatic rings. The van der Waals surface area contributed by atoms with Crippen molar-refractivity contribution in [3.63, 3.8) is 0 Å². The van der Waals surface area contributed by atoms with Gasteiger partial charge in [0, 0.05) is 6.54 Å². The lowest BCUT2D eigenvalue weighted by Crippen LogP contribution is -2.43. The standard InChI is InChI=1S/C14H22BrNO3/c1-4-8-16-9-14(2,17)10-19-13-11(15)6-5-7-12(13)18-3/h5-7,16-17H,4,8-10H2,1-3H3. The van der Waals surface area contributed by atoms with Crippen LogP contribution in [-0.4, -0.2) is 37.5 Å². The SMILES string of the molecule is CCCNCC(C)(O)COc1c(Br)cccc1OC. The van der Waals surface area contributed by atoms with E-state index >= 15 is 0 Å². The average Bonchev–Trinajstić information content (AvgIpc) is 2.37. The zero-order chi connectivity index (χ0) is 14.3. The molecule has 0 aliphatic carbocycles. The van der Waals surface area contributed by atoms with Gasteiger partial charge in [-0.3, -0.25) is 0 Å². The van der Waals surface area contributed by atoms with E-state index in [1.54, 1.807) is 14.0 Å². The molecule has 19 heavy (non-hydrogen) atoms. The number of ether oxygens (including phenoxy) is 2. The van der Waals surface area contributed by atoms with Gasteiger partial charge in [0.1, 0.15) is 12.2 Å². The maximum absolute atomic E-state index is 10.2. The molecular formula is C14H22BrNO3. The molecule has 0 heterocycles. The van der Waals surface area contributed by atoms with Gasteiger partial charge in [0.05, 0.1) is 11.6 Å². The summed E-state index contributed by atoms with van der Waals surface area (Å²) >= 11 is 3.42. The number of halogens is 1. The predicted octanol–water partition coefficient (Wildman–Crippen LogP) is 2.59. The number of nitrogens with one attached hydrogen (secondary N) is 1. The molecule has 0 fully saturated rings. The maximum Gasteiger partial charge on any atom is 0.175 e. The van der Waals surface area contributed by atoms with Crippen LogP contribution >= 0.6 is 15.9 Å². The quantitative estimate of drug-likeness (QED) is 0.719. The van der Waals surface area contributed by atoms with Gasteiger partial charge < -0.3 is 19.9 Å². The normalized spacial score (nSPS) is 13.9. The molecule has 0 aliphatic heterocycles. The summed E-state index contributed by atoms with van der Waals surface area (Å²) in [7, 11) is 1.59. The summed E-state index contributed by atoms with van der Waals surface area (Å²) in [5, 5.41) is 13.4. The van der Waals surface area contributed by atoms with Gasteiger partial charge in [-0.2, -0.15) is 0 Å². The second-order valence-corrected chi connectivity index (χ2v) is 5.59. The Labute approximate surface area is 123 Å². The van der Waals surface area contributed by atoms with Crippen molar-refractivity contribution in [2.24, 2.45) is 0 Å². The Morgan fingerprint density at radius 1 is 1.42 bits per heavy atom. The Bertz CT molecular complexity index is 396. The molecule has 2 N–H and O–H groups in total. The Balaban J connectivity index is 2.60. The van der Waals surface area contributed by atoms with Crippen molar-refractivity contribution in [3.05, 3.63) is 22.7 Å². The lowest BCUT2D eigenvalue weighted by atomic mass is 10.1. The van der Waals surface area contributed by atoms with Crippen LogP contribution in [-0.2, 0) is 0 Å². The fourth-order valence-corrected chi connectivity index (χ4v) is 2.07. The summed E-state index contributed by atoms with van der Waals surface area (Å²) in [6, 6.07) is 5.57. The minimum atomic E-state index is -0.921. The summed E-state index contributed by atoms with van der Waals surface area (Å²) < 4.78 is 11.7. The van der Waals surface area contributed by atoms with Crippen LogP contribution in [0.4, 0.5) is 0 Å². The molecule has 0 radical (unpaired) electrons. The van der Waals surface area contributed by atoms with Crippen LogP contribution in [0.15, 0.2) is 22.7 Å². The first-order chi connectivity index (χ1) is 9.00. The van der Waals surface area contributed by atoms with Gasteiger partial charge in [-0.1, -0.05) is 13.0 Å². The van der Waals surface area contributed by atoms with Crippen molar-refractivity contribution >= 4 is 15.9 Å². The highest BCUT2D eigenvalue weighted by atomic mass is 79.9. The molecule has 0 aromatic heterocycles. The van der Waals surface area contributed by atoms with E-state index in [1.807, 2.05) is 18.2 Å². The van der Waals surface area contributed by atoms with E-state index in [0.29, 0.717) is 18.0 Å². The number of hydrogen-bond acceptors (Lipinski definition) is 4. The van der Waals surface area contributed by atoms with Gasteiger partial charge in [0.2, 0.25) is 0 Å². The molecule has 1 rings (SSSR count). The summed E-state index contributed by atoms with van der Waals surface area (Å²) in [6.07, 6.45) is 1.04. The van der Waals surface area contributed by atoms with Crippen molar-refractivity contribution in [1.82, 2.24) is 5.32 Å². The molecule has 4 nitrogen and oxygen atoms in total. The second kappa shape index (κ2) is 7.72. The summed E-state index contributed by atoms with van der Waals surface area (Å²) in [6.45, 7) is 5.41. The van der Waals surface area contributed by atoms with E-state index in [-0.39, 0.29) is 6.61 Å². The molecule has 1 unspecified atom stereocenters. The van der Waals surface area contributed by atoms with Crippen molar-refractivity contribution in [3.8, 4) is 11.5 Å². The molecule has 0 amide bonds. The van der Waals surface area contributed by atoms with Crippen LogP contribution in [0.5, 0.6) is 11.5 Å². The van der Waals surface area contributed by atoms with E-state index in [2.05, 4.69) is 28.2 Å². The third-order valence-electron chi connectivity index (χ3n) is 2.61. The van der Waals surface area contributed by atoms with Crippen LogP contribution in [0.25, 0.3) is 0 Å². The van der Waals surface area contributed by atoms with E-state index < -0.39 is 5.60 Å². The van der Waals surface area contributed by atoms with Gasteiger partial charge in [-0.25, -0.2) is 0 Å². The van der Waals surface area contributed by atoms with E-state index in [1.165, 1.54) is 0 Å². The molecule has 1 aromatic carbocycles. The van der Waals surface area contributed by atoms with Crippen molar-refractivity contribution in [1.29, 1.82) is 0 Å². The van der Waals surface area contributed by atoms with Crippen LogP contribution in [0, 0.1) is 0 Å². The van der Waals surface area contributed by atoms with E-state index in [0.717, 1.165) is 17.4 Å². The zero-order valence-electron chi connectivity index (χ0n) is 11.7. The van der Waals surface area contributed by atoms with Gasteiger partial charge in [0.25, 0.3) is 0 Å². The van der Waals surface area contributed by atoms with Crippen molar-refractivity contribution < 1.29 is 14.6 Å². The number of benzene rings is 1. The Morgan fingerprint density at radius 3 is 2.79 bits per heavy atom. The molecule has 0 spiro atoms. The predicted molar refractivity (Wildman–Crippen MR) is 80.0 cm³/mol. The van der Waals surface area contributed by atoms with Crippen LogP contribution in [0.1, 0.15) is 20.3 Å². The smallest absolute Gasteiger partial charge is 0.175 e. The molecule has 1 atom stereocenters. The number of methoxy groups -OCH3 is 1. The highest BCUT2D eigenvalue weighted by Gasteiger charge is 2.22. The van der Waals surface area contributed by atoms with Crippen LogP contribution in [0.2, 0.25) is 0 Å². The number of para-hydroxylation sites is 1. The highest BCUT2D eigenvalue weighted by Crippen LogP contribution is 2.35. The summed E-state index contributed by atoms with van der Waals surface area (Å²) in [4.78, 5) is 0. The molecule has 5 heteroatoms. The first kappa shape index (κ1) is 16.3. The van der Waals surface area contributed by atoms with Crippen LogP contribution in [0.3, 0.4) is 0 Å². The first-order valence-electron chi connectivity index (χ1n) is 6.38. The van der Waals surface area contributed by atoms with Gasteiger partial charge in [-0.15, -0.1) is 0 Å². The molecule has 0 saturated carbocycles. The molecule has 0 bridgehead atoms. The molecule has 1 aromatic rings. The highest BCUT2D eigenvalue weighted by molar-refractivity contribution is 9.10. The lowest BCUT2D eigenvalue weighted by molar-refractivity contribution is 0.0115. The minimum Gasteiger partial charge on any atom is -0.493 e. The summed E-state index contributed by atoms with van der Waals surface area (Å²) in [5.74, 6) is 1.26. The fourth-order valence-electron chi connectivity index (χ4n) is 1.60. The van der Waals surface area contributed by atoms with E-state index in [4.69, 9.17) is 9.47 Å². The van der Waals surface area contributed by atoms with Gasteiger partial charge in [0.15, 0.2) is 11.5 Å². The van der Waals surface area contributed by atoms with Crippen LogP contribution < -0.4 is 14.8 Å². The Morgan fingerprint density at radius 2 is 2.16 bits per heavy atom. The van der Waals surface area contributed by atoms with Gasteiger partial charge >= 0.3 is 0 Å². The molecule has 108 valence electrons. The number of aliphatic hydroxyl groups is 1.